The molecule has 1 amide bonds. The van der Waals surface area contributed by atoms with Crippen LogP contribution < -0.4 is 10.1 Å². The minimum absolute atomic E-state index is 0.0561. The highest BCUT2D eigenvalue weighted by Crippen LogP contribution is 2.33. The zero-order valence-electron chi connectivity index (χ0n) is 10.6. The monoisotopic (exact) mass is 268 g/mol. The molecule has 1 atom stereocenters. The lowest BCUT2D eigenvalue weighted by Gasteiger charge is -2.15. The number of carboxylic acids is 1. The van der Waals surface area contributed by atoms with Gasteiger partial charge in [0.15, 0.2) is 6.61 Å². The first-order valence-electron chi connectivity index (χ1n) is 6.12. The van der Waals surface area contributed by atoms with Crippen molar-refractivity contribution in [1.29, 1.82) is 0 Å². The van der Waals surface area contributed by atoms with Gasteiger partial charge in [0.25, 0.3) is 11.8 Å². The summed E-state index contributed by atoms with van der Waals surface area (Å²) >= 11 is 0. The minimum atomic E-state index is -0.912. The van der Waals surface area contributed by atoms with Crippen LogP contribution in [0.25, 0.3) is 0 Å². The van der Waals surface area contributed by atoms with E-state index in [4.69, 9.17) is 14.4 Å². The van der Waals surface area contributed by atoms with Crippen molar-refractivity contribution in [2.24, 2.45) is 5.92 Å². The van der Waals surface area contributed by atoms with Crippen LogP contribution in [0, 0.1) is 12.8 Å². The third-order valence-corrected chi connectivity index (χ3v) is 2.89. The Bertz CT molecular complexity index is 466. The van der Waals surface area contributed by atoms with Gasteiger partial charge in [0.2, 0.25) is 0 Å². The average molecular weight is 268 g/mol. The van der Waals surface area contributed by atoms with Crippen molar-refractivity contribution in [1.82, 2.24) is 10.5 Å². The largest absolute Gasteiger partial charge is 0.481 e. The Morgan fingerprint density at radius 3 is 2.89 bits per heavy atom. The van der Waals surface area contributed by atoms with Crippen molar-refractivity contribution in [3.05, 3.63) is 11.8 Å². The Morgan fingerprint density at radius 1 is 1.63 bits per heavy atom. The lowest BCUT2D eigenvalue weighted by atomic mass is 10.1. The van der Waals surface area contributed by atoms with E-state index in [0.29, 0.717) is 5.76 Å². The fourth-order valence-corrected chi connectivity index (χ4v) is 1.82. The Morgan fingerprint density at radius 2 is 2.37 bits per heavy atom. The maximum absolute atomic E-state index is 11.7. The predicted molar refractivity (Wildman–Crippen MR) is 63.6 cm³/mol. The number of nitrogens with zero attached hydrogens (tertiary/aromatic N) is 1. The summed E-state index contributed by atoms with van der Waals surface area (Å²) in [6.45, 7) is 1.52. The number of aryl methyl sites for hydroxylation is 1. The number of carbonyl (C=O) groups excluding carboxylic acids is 1. The molecule has 0 aromatic carbocycles. The van der Waals surface area contributed by atoms with E-state index in [9.17, 15) is 9.59 Å². The molecule has 0 saturated heterocycles. The van der Waals surface area contributed by atoms with Crippen LogP contribution in [0.5, 0.6) is 5.88 Å². The van der Waals surface area contributed by atoms with E-state index in [0.717, 1.165) is 12.8 Å². The standard InChI is InChI=1S/C12H16N2O5/c1-7-4-11(14-19-7)18-6-10(15)13-9(5-12(16)17)8-2-3-8/h4,8-9H,2-3,5-6H2,1H3,(H,13,15)(H,16,17). The summed E-state index contributed by atoms with van der Waals surface area (Å²) in [4.78, 5) is 22.4. The highest BCUT2D eigenvalue weighted by Gasteiger charge is 2.33. The number of aromatic nitrogens is 1. The number of hydrogen-bond donors (Lipinski definition) is 2. The van der Waals surface area contributed by atoms with Crippen molar-refractivity contribution >= 4 is 11.9 Å². The molecule has 104 valence electrons. The number of nitrogens with one attached hydrogen (secondary N) is 1. The molecule has 0 aliphatic heterocycles. The van der Waals surface area contributed by atoms with E-state index in [1.165, 1.54) is 0 Å². The van der Waals surface area contributed by atoms with Gasteiger partial charge in [-0.1, -0.05) is 0 Å². The van der Waals surface area contributed by atoms with Gasteiger partial charge < -0.3 is 19.7 Å². The van der Waals surface area contributed by atoms with E-state index in [1.54, 1.807) is 13.0 Å². The minimum Gasteiger partial charge on any atom is -0.481 e. The molecule has 2 rings (SSSR count). The summed E-state index contributed by atoms with van der Waals surface area (Å²) < 4.78 is 9.92. The van der Waals surface area contributed by atoms with Crippen LogP contribution in [0.3, 0.4) is 0 Å². The van der Waals surface area contributed by atoms with Crippen LogP contribution in [0.2, 0.25) is 0 Å². The fraction of sp³-hybridized carbons (Fsp3) is 0.583. The van der Waals surface area contributed by atoms with Gasteiger partial charge >= 0.3 is 5.97 Å². The Hall–Kier alpha value is -2.05. The number of ether oxygens (including phenoxy) is 1. The van der Waals surface area contributed by atoms with Gasteiger partial charge in [0, 0.05) is 12.1 Å². The van der Waals surface area contributed by atoms with E-state index in [1.807, 2.05) is 0 Å². The van der Waals surface area contributed by atoms with E-state index < -0.39 is 5.97 Å². The molecular formula is C12H16N2O5. The van der Waals surface area contributed by atoms with Gasteiger partial charge in [-0.05, 0) is 30.8 Å². The first-order valence-corrected chi connectivity index (χ1v) is 6.12. The molecule has 1 aromatic heterocycles. The fourth-order valence-electron chi connectivity index (χ4n) is 1.82. The smallest absolute Gasteiger partial charge is 0.305 e. The summed E-state index contributed by atoms with van der Waals surface area (Å²) in [5, 5.41) is 15.1. The molecule has 7 heteroatoms. The molecule has 1 aromatic rings. The maximum Gasteiger partial charge on any atom is 0.305 e. The van der Waals surface area contributed by atoms with Crippen LogP contribution in [0.15, 0.2) is 10.6 Å². The highest BCUT2D eigenvalue weighted by molar-refractivity contribution is 5.78. The normalized spacial score (nSPS) is 15.8. The van der Waals surface area contributed by atoms with Gasteiger partial charge in [-0.15, -0.1) is 0 Å². The third kappa shape index (κ3) is 4.27. The van der Waals surface area contributed by atoms with E-state index in [2.05, 4.69) is 10.5 Å². The zero-order chi connectivity index (χ0) is 13.8. The molecule has 7 nitrogen and oxygen atoms in total. The van der Waals surface area contributed by atoms with Crippen LogP contribution in [0.4, 0.5) is 0 Å². The second-order valence-electron chi connectivity index (χ2n) is 4.67. The van der Waals surface area contributed by atoms with Gasteiger partial charge in [0.05, 0.1) is 6.42 Å². The first-order chi connectivity index (χ1) is 9.04. The lowest BCUT2D eigenvalue weighted by molar-refractivity contribution is -0.138. The lowest BCUT2D eigenvalue weighted by Crippen LogP contribution is -2.40. The zero-order valence-corrected chi connectivity index (χ0v) is 10.6. The van der Waals surface area contributed by atoms with Crippen molar-refractivity contribution < 1.29 is 24.0 Å². The Kier molecular flexibility index (Phi) is 4.03. The summed E-state index contributed by atoms with van der Waals surface area (Å²) in [5.41, 5.74) is 0. The van der Waals surface area contributed by atoms with Crippen LogP contribution in [0.1, 0.15) is 25.0 Å². The van der Waals surface area contributed by atoms with Crippen LogP contribution >= 0.6 is 0 Å². The topological polar surface area (TPSA) is 102 Å². The molecule has 1 saturated carbocycles. The van der Waals surface area contributed by atoms with Crippen molar-refractivity contribution in [2.45, 2.75) is 32.2 Å². The quantitative estimate of drug-likeness (QED) is 0.756. The first kappa shape index (κ1) is 13.4. The molecule has 1 aliphatic carbocycles. The second-order valence-corrected chi connectivity index (χ2v) is 4.67. The van der Waals surface area contributed by atoms with E-state index >= 15 is 0 Å². The van der Waals surface area contributed by atoms with Crippen molar-refractivity contribution in [2.75, 3.05) is 6.61 Å². The SMILES string of the molecule is Cc1cc(OCC(=O)NC(CC(=O)O)C2CC2)no1. The number of aliphatic carboxylic acids is 1. The molecule has 1 heterocycles. The van der Waals surface area contributed by atoms with Gasteiger partial charge in [-0.2, -0.15) is 0 Å². The molecule has 1 aliphatic rings. The van der Waals surface area contributed by atoms with Crippen molar-refractivity contribution in [3.63, 3.8) is 0 Å². The van der Waals surface area contributed by atoms with Gasteiger partial charge in [-0.3, -0.25) is 9.59 Å². The third-order valence-electron chi connectivity index (χ3n) is 2.89. The summed E-state index contributed by atoms with van der Waals surface area (Å²) in [6, 6.07) is 1.26. The summed E-state index contributed by atoms with van der Waals surface area (Å²) in [5.74, 6) is -0.149. The summed E-state index contributed by atoms with van der Waals surface area (Å²) in [6.07, 6.45) is 1.86. The molecule has 1 unspecified atom stereocenters. The number of hydrogen-bond acceptors (Lipinski definition) is 5. The number of rotatable bonds is 7. The van der Waals surface area contributed by atoms with Crippen molar-refractivity contribution in [3.8, 4) is 5.88 Å². The van der Waals surface area contributed by atoms with E-state index in [-0.39, 0.29) is 36.8 Å². The van der Waals surface area contributed by atoms with Gasteiger partial charge in [0.1, 0.15) is 5.76 Å². The summed E-state index contributed by atoms with van der Waals surface area (Å²) in [7, 11) is 0. The second kappa shape index (κ2) is 5.73. The molecule has 2 N–H and O–H groups in total. The highest BCUT2D eigenvalue weighted by atomic mass is 16.5. The number of carboxylic acid groups (broad SMARTS) is 1. The number of carbonyl (C=O) groups is 2. The molecule has 19 heavy (non-hydrogen) atoms. The van der Waals surface area contributed by atoms with Crippen LogP contribution in [-0.2, 0) is 9.59 Å². The maximum atomic E-state index is 11.7. The molecule has 0 spiro atoms. The van der Waals surface area contributed by atoms with Gasteiger partial charge in [-0.25, -0.2) is 0 Å². The Labute approximate surface area is 109 Å². The number of amides is 1. The van der Waals surface area contributed by atoms with Crippen LogP contribution in [-0.4, -0.2) is 34.8 Å². The Balaban J connectivity index is 1.77. The molecule has 0 radical (unpaired) electrons. The molecule has 0 bridgehead atoms. The molecule has 1 fully saturated rings. The average Bonchev–Trinajstić information content (AvgIpc) is 3.09. The predicted octanol–water partition coefficient (Wildman–Crippen LogP) is 0.731. The molecular weight excluding hydrogens is 252 g/mol.